The van der Waals surface area contributed by atoms with Gasteiger partial charge in [-0.1, -0.05) is 18.2 Å². The van der Waals surface area contributed by atoms with E-state index >= 15 is 0 Å². The maximum atomic E-state index is 11.1. The Kier molecular flexibility index (Phi) is 1.99. The van der Waals surface area contributed by atoms with Crippen LogP contribution in [0.5, 0.6) is 0 Å². The van der Waals surface area contributed by atoms with E-state index in [2.05, 4.69) is 11.4 Å². The summed E-state index contributed by atoms with van der Waals surface area (Å²) in [6.45, 7) is 0. The smallest absolute Gasteiger partial charge is 0.337 e. The van der Waals surface area contributed by atoms with Gasteiger partial charge < -0.3 is 10.4 Å². The van der Waals surface area contributed by atoms with Crippen molar-refractivity contribution >= 4 is 17.2 Å². The largest absolute Gasteiger partial charge is 0.478 e. The fourth-order valence-corrected chi connectivity index (χ4v) is 2.63. The number of hydrogen-bond acceptors (Lipinski definition) is 2. The predicted octanol–water partition coefficient (Wildman–Crippen LogP) is 2.75. The van der Waals surface area contributed by atoms with Crippen molar-refractivity contribution in [2.45, 2.75) is 25.3 Å². The van der Waals surface area contributed by atoms with Gasteiger partial charge in [0.25, 0.3) is 0 Å². The zero-order valence-electron chi connectivity index (χ0n) is 8.86. The summed E-state index contributed by atoms with van der Waals surface area (Å²) in [5.41, 5.74) is 3.54. The number of carboxylic acids is 1. The van der Waals surface area contributed by atoms with E-state index in [1.54, 1.807) is 6.07 Å². The summed E-state index contributed by atoms with van der Waals surface area (Å²) in [5.74, 6) is -0.858. The summed E-state index contributed by atoms with van der Waals surface area (Å²) in [7, 11) is 0. The molecule has 3 heteroatoms. The van der Waals surface area contributed by atoms with Gasteiger partial charge in [0, 0.05) is 5.56 Å². The van der Waals surface area contributed by atoms with Crippen molar-refractivity contribution in [1.29, 1.82) is 0 Å². The van der Waals surface area contributed by atoms with Crippen molar-refractivity contribution in [2.75, 3.05) is 5.32 Å². The molecular formula is C13H13NO2. The topological polar surface area (TPSA) is 49.3 Å². The van der Waals surface area contributed by atoms with Gasteiger partial charge in [-0.05, 0) is 30.9 Å². The second kappa shape index (κ2) is 3.37. The molecule has 0 amide bonds. The van der Waals surface area contributed by atoms with Gasteiger partial charge in [0.2, 0.25) is 0 Å². The fourth-order valence-electron chi connectivity index (χ4n) is 2.63. The number of allylic oxidation sites excluding steroid dienone is 1. The molecule has 3 nitrogen and oxygen atoms in total. The van der Waals surface area contributed by atoms with Crippen molar-refractivity contribution < 1.29 is 9.90 Å². The fraction of sp³-hybridized carbons (Fsp3) is 0.308. The third-order valence-corrected chi connectivity index (χ3v) is 3.36. The molecule has 1 heterocycles. The second-order valence-corrected chi connectivity index (χ2v) is 4.32. The lowest BCUT2D eigenvalue weighted by Gasteiger charge is -2.17. The molecule has 1 atom stereocenters. The molecule has 3 rings (SSSR count). The molecule has 1 aliphatic carbocycles. The minimum Gasteiger partial charge on any atom is -0.478 e. The molecule has 0 saturated heterocycles. The highest BCUT2D eigenvalue weighted by molar-refractivity contribution is 6.01. The predicted molar refractivity (Wildman–Crippen MR) is 62.6 cm³/mol. The first kappa shape index (κ1) is 9.46. The van der Waals surface area contributed by atoms with Gasteiger partial charge in [-0.3, -0.25) is 0 Å². The number of hydrogen-bond donors (Lipinski definition) is 2. The molecule has 1 unspecified atom stereocenters. The molecule has 16 heavy (non-hydrogen) atoms. The monoisotopic (exact) mass is 215 g/mol. The highest BCUT2D eigenvalue weighted by Crippen LogP contribution is 2.41. The number of fused-ring (bicyclic) bond motifs is 3. The standard InChI is InChI=1S/C13H13NO2/c15-13(16)10-6-3-5-9-8-4-1-2-7-11(8)14-12(9)10/h3-6,11,14H,1-2,7H2,(H,15,16). The lowest BCUT2D eigenvalue weighted by Crippen LogP contribution is -2.17. The molecule has 1 aromatic rings. The van der Waals surface area contributed by atoms with Crippen LogP contribution in [-0.4, -0.2) is 17.1 Å². The van der Waals surface area contributed by atoms with Gasteiger partial charge in [-0.25, -0.2) is 4.79 Å². The van der Waals surface area contributed by atoms with Crippen LogP contribution in [-0.2, 0) is 0 Å². The van der Waals surface area contributed by atoms with Gasteiger partial charge in [0.15, 0.2) is 0 Å². The Hall–Kier alpha value is -1.77. The number of aromatic carboxylic acids is 1. The van der Waals surface area contributed by atoms with Crippen molar-refractivity contribution in [3.63, 3.8) is 0 Å². The van der Waals surface area contributed by atoms with Crippen LogP contribution >= 0.6 is 0 Å². The van der Waals surface area contributed by atoms with Crippen LogP contribution in [0.2, 0.25) is 0 Å². The molecule has 2 N–H and O–H groups in total. The molecule has 1 aliphatic heterocycles. The number of carbonyl (C=O) groups is 1. The van der Waals surface area contributed by atoms with Gasteiger partial charge >= 0.3 is 5.97 Å². The van der Waals surface area contributed by atoms with Crippen LogP contribution in [0.25, 0.3) is 5.57 Å². The molecule has 82 valence electrons. The quantitative estimate of drug-likeness (QED) is 0.757. The summed E-state index contributed by atoms with van der Waals surface area (Å²) in [6, 6.07) is 5.81. The Morgan fingerprint density at radius 3 is 3.12 bits per heavy atom. The summed E-state index contributed by atoms with van der Waals surface area (Å²) in [6.07, 6.45) is 5.61. The zero-order chi connectivity index (χ0) is 11.1. The van der Waals surface area contributed by atoms with E-state index in [1.807, 2.05) is 12.1 Å². The van der Waals surface area contributed by atoms with E-state index in [9.17, 15) is 4.79 Å². The highest BCUT2D eigenvalue weighted by Gasteiger charge is 2.30. The summed E-state index contributed by atoms with van der Waals surface area (Å²) in [5, 5.41) is 12.5. The lowest BCUT2D eigenvalue weighted by molar-refractivity contribution is 0.0698. The van der Waals surface area contributed by atoms with Crippen LogP contribution < -0.4 is 5.32 Å². The van der Waals surface area contributed by atoms with Gasteiger partial charge in [-0.15, -0.1) is 0 Å². The van der Waals surface area contributed by atoms with Crippen LogP contribution in [0.4, 0.5) is 5.69 Å². The third kappa shape index (κ3) is 1.24. The van der Waals surface area contributed by atoms with E-state index in [4.69, 9.17) is 5.11 Å². The van der Waals surface area contributed by atoms with E-state index in [-0.39, 0.29) is 0 Å². The van der Waals surface area contributed by atoms with Gasteiger partial charge in [-0.2, -0.15) is 0 Å². The number of para-hydroxylation sites is 1. The maximum Gasteiger partial charge on any atom is 0.337 e. The average molecular weight is 215 g/mol. The minimum absolute atomic E-state index is 0.323. The Morgan fingerprint density at radius 2 is 2.31 bits per heavy atom. The number of anilines is 1. The lowest BCUT2D eigenvalue weighted by atomic mass is 9.92. The zero-order valence-corrected chi connectivity index (χ0v) is 8.86. The molecule has 2 aliphatic rings. The van der Waals surface area contributed by atoms with Gasteiger partial charge in [0.1, 0.15) is 0 Å². The van der Waals surface area contributed by atoms with Crippen LogP contribution in [0.3, 0.4) is 0 Å². The minimum atomic E-state index is -0.858. The first-order chi connectivity index (χ1) is 7.77. The maximum absolute atomic E-state index is 11.1. The Labute approximate surface area is 93.8 Å². The SMILES string of the molecule is O=C(O)c1cccc2c1NC1CCCC=C21. The number of rotatable bonds is 1. The summed E-state index contributed by atoms with van der Waals surface area (Å²) in [4.78, 5) is 11.1. The van der Waals surface area contributed by atoms with E-state index in [1.165, 1.54) is 12.0 Å². The molecule has 0 bridgehead atoms. The van der Waals surface area contributed by atoms with Crippen molar-refractivity contribution in [3.05, 3.63) is 35.4 Å². The second-order valence-electron chi connectivity index (χ2n) is 4.32. The first-order valence-electron chi connectivity index (χ1n) is 5.60. The molecule has 0 radical (unpaired) electrons. The molecule has 1 aromatic carbocycles. The third-order valence-electron chi connectivity index (χ3n) is 3.36. The van der Waals surface area contributed by atoms with Gasteiger partial charge in [0.05, 0.1) is 17.3 Å². The number of benzene rings is 1. The molecule has 0 saturated carbocycles. The van der Waals surface area contributed by atoms with Crippen molar-refractivity contribution in [3.8, 4) is 0 Å². The average Bonchev–Trinajstić information content (AvgIpc) is 2.67. The number of nitrogens with one attached hydrogen (secondary N) is 1. The molecule has 0 spiro atoms. The summed E-state index contributed by atoms with van der Waals surface area (Å²) < 4.78 is 0. The molecule has 0 fully saturated rings. The highest BCUT2D eigenvalue weighted by atomic mass is 16.4. The molecular weight excluding hydrogens is 202 g/mol. The van der Waals surface area contributed by atoms with E-state index < -0.39 is 5.97 Å². The molecule has 0 aromatic heterocycles. The van der Waals surface area contributed by atoms with Crippen LogP contribution in [0, 0.1) is 0 Å². The normalized spacial score (nSPS) is 21.8. The van der Waals surface area contributed by atoms with E-state index in [0.717, 1.165) is 24.1 Å². The Bertz CT molecular complexity index is 491. The van der Waals surface area contributed by atoms with Crippen molar-refractivity contribution in [1.82, 2.24) is 0 Å². The van der Waals surface area contributed by atoms with Crippen molar-refractivity contribution in [2.24, 2.45) is 0 Å². The van der Waals surface area contributed by atoms with Crippen LogP contribution in [0.1, 0.15) is 35.2 Å². The van der Waals surface area contributed by atoms with Crippen LogP contribution in [0.15, 0.2) is 24.3 Å². The Morgan fingerprint density at radius 1 is 1.44 bits per heavy atom. The van der Waals surface area contributed by atoms with E-state index in [0.29, 0.717) is 11.6 Å². The number of carboxylic acid groups (broad SMARTS) is 1. The Balaban J connectivity index is 2.16. The summed E-state index contributed by atoms with van der Waals surface area (Å²) >= 11 is 0. The first-order valence-corrected chi connectivity index (χ1v) is 5.60.